The first-order valence-electron chi connectivity index (χ1n) is 3.81. The van der Waals surface area contributed by atoms with E-state index in [0.29, 0.717) is 5.25 Å². The van der Waals surface area contributed by atoms with Gasteiger partial charge < -0.3 is 0 Å². The molecule has 0 N–H and O–H groups in total. The second-order valence-corrected chi connectivity index (χ2v) is 5.84. The highest BCUT2D eigenvalue weighted by molar-refractivity contribution is 7.94. The van der Waals surface area contributed by atoms with Crippen molar-refractivity contribution in [1.82, 2.24) is 0 Å². The number of nitrogens with zero attached hydrogens (tertiary/aromatic N) is 1. The fourth-order valence-electron chi connectivity index (χ4n) is 1.40. The Kier molecular flexibility index (Phi) is 2.34. The molecule has 1 aliphatic rings. The predicted molar refractivity (Wildman–Crippen MR) is 44.7 cm³/mol. The quantitative estimate of drug-likeness (QED) is 0.531. The molecule has 1 rings (SSSR count). The average molecular weight is 161 g/mol. The number of hydrogen-bond donors (Lipinski definition) is 0. The standard InChI is InChI=1S/C7H15NOS/c1-7-5-3-4-6-10(7,9)8-2/h7H,3-6H2,1-2H3. The Hall–Kier alpha value is -0.0500. The van der Waals surface area contributed by atoms with E-state index in [0.717, 1.165) is 18.6 Å². The molecule has 0 bridgehead atoms. The molecule has 1 saturated heterocycles. The second kappa shape index (κ2) is 2.91. The fourth-order valence-corrected chi connectivity index (χ4v) is 3.49. The van der Waals surface area contributed by atoms with Crippen LogP contribution in [0.2, 0.25) is 0 Å². The number of hydrogen-bond acceptors (Lipinski definition) is 2. The minimum atomic E-state index is -1.78. The Morgan fingerprint density at radius 2 is 2.20 bits per heavy atom. The SMILES string of the molecule is CN=S1(=O)CCCCC1C. The first-order valence-corrected chi connectivity index (χ1v) is 5.55. The summed E-state index contributed by atoms with van der Waals surface area (Å²) in [7, 11) is -0.0972. The zero-order chi connectivity index (χ0) is 7.61. The third-order valence-corrected chi connectivity index (χ3v) is 5.22. The third-order valence-electron chi connectivity index (χ3n) is 2.24. The first-order chi connectivity index (χ1) is 4.69. The Labute approximate surface area is 63.2 Å². The van der Waals surface area contributed by atoms with Gasteiger partial charge in [-0.3, -0.25) is 0 Å². The van der Waals surface area contributed by atoms with Crippen LogP contribution in [0, 0.1) is 0 Å². The van der Waals surface area contributed by atoms with E-state index in [1.807, 2.05) is 0 Å². The molecule has 0 radical (unpaired) electrons. The van der Waals surface area contributed by atoms with E-state index in [2.05, 4.69) is 11.3 Å². The van der Waals surface area contributed by atoms with Crippen molar-refractivity contribution in [3.8, 4) is 0 Å². The second-order valence-electron chi connectivity index (χ2n) is 2.88. The predicted octanol–water partition coefficient (Wildman–Crippen LogP) is 1.66. The van der Waals surface area contributed by atoms with E-state index in [9.17, 15) is 4.21 Å². The lowest BCUT2D eigenvalue weighted by molar-refractivity contribution is 0.615. The molecule has 3 heteroatoms. The summed E-state index contributed by atoms with van der Waals surface area (Å²) in [5.74, 6) is 0.824. The van der Waals surface area contributed by atoms with Crippen LogP contribution >= 0.6 is 0 Å². The molecule has 60 valence electrons. The molecule has 0 aromatic heterocycles. The van der Waals surface area contributed by atoms with Crippen molar-refractivity contribution in [2.75, 3.05) is 12.8 Å². The Morgan fingerprint density at radius 3 is 2.60 bits per heavy atom. The molecule has 2 unspecified atom stereocenters. The van der Waals surface area contributed by atoms with E-state index in [1.165, 1.54) is 6.42 Å². The van der Waals surface area contributed by atoms with Crippen LogP contribution in [0.1, 0.15) is 26.2 Å². The maximum Gasteiger partial charge on any atom is 0.0491 e. The molecular weight excluding hydrogens is 146 g/mol. The highest BCUT2D eigenvalue weighted by Gasteiger charge is 2.21. The molecule has 0 aromatic carbocycles. The summed E-state index contributed by atoms with van der Waals surface area (Å²) >= 11 is 0. The van der Waals surface area contributed by atoms with Crippen molar-refractivity contribution in [3.63, 3.8) is 0 Å². The van der Waals surface area contributed by atoms with E-state index < -0.39 is 9.73 Å². The lowest BCUT2D eigenvalue weighted by Crippen LogP contribution is -2.25. The molecular formula is C7H15NOS. The normalized spacial score (nSPS) is 41.2. The Bertz CT molecular complexity index is 216. The van der Waals surface area contributed by atoms with Gasteiger partial charge in [0.15, 0.2) is 0 Å². The van der Waals surface area contributed by atoms with E-state index in [4.69, 9.17) is 0 Å². The Balaban J connectivity index is 2.84. The van der Waals surface area contributed by atoms with Gasteiger partial charge in [0.1, 0.15) is 0 Å². The van der Waals surface area contributed by atoms with Crippen LogP contribution in [0.3, 0.4) is 0 Å². The molecule has 2 nitrogen and oxygen atoms in total. The van der Waals surface area contributed by atoms with Gasteiger partial charge in [-0.2, -0.15) is 0 Å². The molecule has 0 amide bonds. The van der Waals surface area contributed by atoms with Gasteiger partial charge in [-0.15, -0.1) is 0 Å². The van der Waals surface area contributed by atoms with Crippen LogP contribution in [0.15, 0.2) is 4.36 Å². The summed E-state index contributed by atoms with van der Waals surface area (Å²) in [6, 6.07) is 0. The summed E-state index contributed by atoms with van der Waals surface area (Å²) in [6.07, 6.45) is 3.42. The molecule has 2 atom stereocenters. The van der Waals surface area contributed by atoms with E-state index in [1.54, 1.807) is 7.05 Å². The molecule has 0 saturated carbocycles. The van der Waals surface area contributed by atoms with Crippen LogP contribution in [0.4, 0.5) is 0 Å². The topological polar surface area (TPSA) is 29.4 Å². The summed E-state index contributed by atoms with van der Waals surface area (Å²) in [6.45, 7) is 2.05. The summed E-state index contributed by atoms with van der Waals surface area (Å²) in [4.78, 5) is 0. The van der Waals surface area contributed by atoms with Crippen LogP contribution < -0.4 is 0 Å². The van der Waals surface area contributed by atoms with Gasteiger partial charge in [0.2, 0.25) is 0 Å². The average Bonchev–Trinajstić information content (AvgIpc) is 1.96. The van der Waals surface area contributed by atoms with E-state index >= 15 is 0 Å². The summed E-state index contributed by atoms with van der Waals surface area (Å²) in [5.41, 5.74) is 0. The highest BCUT2D eigenvalue weighted by atomic mass is 32.2. The van der Waals surface area contributed by atoms with Gasteiger partial charge in [-0.25, -0.2) is 8.57 Å². The van der Waals surface area contributed by atoms with Crippen molar-refractivity contribution in [2.45, 2.75) is 31.4 Å². The third kappa shape index (κ3) is 1.34. The van der Waals surface area contributed by atoms with Crippen LogP contribution in [0.5, 0.6) is 0 Å². The minimum Gasteiger partial charge on any atom is -0.250 e. The van der Waals surface area contributed by atoms with Crippen LogP contribution in [-0.4, -0.2) is 22.3 Å². The molecule has 10 heavy (non-hydrogen) atoms. The zero-order valence-electron chi connectivity index (χ0n) is 6.67. The lowest BCUT2D eigenvalue weighted by atomic mass is 10.2. The smallest absolute Gasteiger partial charge is 0.0491 e. The van der Waals surface area contributed by atoms with Gasteiger partial charge in [0.05, 0.1) is 0 Å². The summed E-state index contributed by atoms with van der Waals surface area (Å²) < 4.78 is 15.7. The maximum atomic E-state index is 11.7. The lowest BCUT2D eigenvalue weighted by Gasteiger charge is -2.21. The van der Waals surface area contributed by atoms with Crippen molar-refractivity contribution < 1.29 is 4.21 Å². The zero-order valence-corrected chi connectivity index (χ0v) is 7.49. The van der Waals surface area contributed by atoms with Crippen molar-refractivity contribution in [3.05, 3.63) is 0 Å². The summed E-state index contributed by atoms with van der Waals surface area (Å²) in [5, 5.41) is 0.325. The van der Waals surface area contributed by atoms with Gasteiger partial charge in [-0.05, 0) is 19.8 Å². The van der Waals surface area contributed by atoms with Gasteiger partial charge in [0.25, 0.3) is 0 Å². The first kappa shape index (κ1) is 8.05. The minimum absolute atomic E-state index is 0.325. The highest BCUT2D eigenvalue weighted by Crippen LogP contribution is 2.20. The van der Waals surface area contributed by atoms with Crippen LogP contribution in [0.25, 0.3) is 0 Å². The molecule has 1 heterocycles. The monoisotopic (exact) mass is 161 g/mol. The van der Waals surface area contributed by atoms with Gasteiger partial charge in [0, 0.05) is 27.8 Å². The van der Waals surface area contributed by atoms with Crippen LogP contribution in [-0.2, 0) is 9.73 Å². The van der Waals surface area contributed by atoms with Crippen molar-refractivity contribution in [1.29, 1.82) is 0 Å². The fraction of sp³-hybridized carbons (Fsp3) is 1.00. The van der Waals surface area contributed by atoms with E-state index in [-0.39, 0.29) is 0 Å². The molecule has 0 aromatic rings. The van der Waals surface area contributed by atoms with Gasteiger partial charge in [-0.1, -0.05) is 6.42 Å². The number of rotatable bonds is 0. The van der Waals surface area contributed by atoms with Gasteiger partial charge >= 0.3 is 0 Å². The molecule has 0 aliphatic carbocycles. The van der Waals surface area contributed by atoms with Crippen molar-refractivity contribution in [2.24, 2.45) is 4.36 Å². The Morgan fingerprint density at radius 1 is 1.50 bits per heavy atom. The molecule has 1 aliphatic heterocycles. The molecule has 1 fully saturated rings. The maximum absolute atomic E-state index is 11.7. The largest absolute Gasteiger partial charge is 0.250 e. The van der Waals surface area contributed by atoms with Crippen molar-refractivity contribution >= 4 is 9.73 Å². The molecule has 0 spiro atoms.